The van der Waals surface area contributed by atoms with Gasteiger partial charge < -0.3 is 0 Å². The van der Waals surface area contributed by atoms with Gasteiger partial charge >= 0.3 is 138 Å². The van der Waals surface area contributed by atoms with Crippen molar-refractivity contribution >= 4 is 43.4 Å². The third kappa shape index (κ3) is 3.44. The third-order valence-electron chi connectivity index (χ3n) is 2.84. The van der Waals surface area contributed by atoms with Crippen LogP contribution in [0.2, 0.25) is 0 Å². The minimum atomic E-state index is -0.403. The molecule has 7 heteroatoms. The summed E-state index contributed by atoms with van der Waals surface area (Å²) in [4.78, 5) is 4.29. The summed E-state index contributed by atoms with van der Waals surface area (Å²) in [7, 11) is 1.39. The molecule has 0 saturated heterocycles. The van der Waals surface area contributed by atoms with Crippen LogP contribution in [-0.2, 0) is 4.74 Å². The summed E-state index contributed by atoms with van der Waals surface area (Å²) in [6.45, 7) is 0. The van der Waals surface area contributed by atoms with E-state index < -0.39 is 5.82 Å². The fourth-order valence-corrected chi connectivity index (χ4v) is 2.68. The Kier molecular flexibility index (Phi) is 4.99. The standard InChI is InChI=1S/C14H12FN4O.Tl/c1-20-14(18)11-6-5-10(16)13(19-11)12(17)8-3-2-4-9(15)7-8;/h2-7,16-18H,1H3;/q-1;+1. The van der Waals surface area contributed by atoms with Crippen LogP contribution in [0.3, 0.4) is 0 Å². The van der Waals surface area contributed by atoms with E-state index in [1.807, 2.05) is 0 Å². The van der Waals surface area contributed by atoms with Crippen molar-refractivity contribution in [2.45, 2.75) is 0 Å². The fourth-order valence-electron chi connectivity index (χ4n) is 1.78. The summed E-state index contributed by atoms with van der Waals surface area (Å²) >= 11 is 0.476. The first kappa shape index (κ1) is 15.5. The Morgan fingerprint density at radius 3 is 2.67 bits per heavy atom. The molecule has 0 amide bonds. The van der Waals surface area contributed by atoms with Crippen LogP contribution in [0.5, 0.6) is 0 Å². The molecule has 0 atom stereocenters. The molecule has 0 saturated carbocycles. The summed E-state index contributed by atoms with van der Waals surface area (Å²) < 4.78 is 21.3. The van der Waals surface area contributed by atoms with Crippen molar-refractivity contribution in [1.82, 2.24) is 4.98 Å². The maximum absolute atomic E-state index is 13.3. The number of benzene rings is 1. The molecular weight excluding hydrogens is 464 g/mol. The number of pyridine rings is 1. The van der Waals surface area contributed by atoms with E-state index in [1.54, 1.807) is 24.3 Å². The molecule has 2 rings (SSSR count). The molecule has 104 valence electrons. The first-order valence-corrected chi connectivity index (χ1v) is 8.26. The summed E-state index contributed by atoms with van der Waals surface area (Å²) in [6, 6.07) is 9.22. The van der Waals surface area contributed by atoms with Crippen LogP contribution in [0, 0.1) is 16.6 Å². The summed E-state index contributed by atoms with van der Waals surface area (Å²) in [6.07, 6.45) is 0. The van der Waals surface area contributed by atoms with E-state index in [0.717, 1.165) is 0 Å². The van der Waals surface area contributed by atoms with E-state index in [9.17, 15) is 4.39 Å². The summed E-state index contributed by atoms with van der Waals surface area (Å²) in [5.41, 5.74) is 1.94. The van der Waals surface area contributed by atoms with Gasteiger partial charge in [0, 0.05) is 0 Å². The van der Waals surface area contributed by atoms with Crippen molar-refractivity contribution in [1.29, 1.82) is 10.8 Å². The Bertz CT molecular complexity index is 705. The molecule has 2 aromatic rings. The Morgan fingerprint density at radius 2 is 2.05 bits per heavy atom. The zero-order valence-electron chi connectivity index (χ0n) is 11.3. The SMILES string of the molecule is COC(=N)c1ccc([NH][Tl])c(C(=N)c2cccc(F)c2)n1. The molecule has 0 aliphatic heterocycles. The van der Waals surface area contributed by atoms with E-state index in [1.165, 1.54) is 19.2 Å². The van der Waals surface area contributed by atoms with Gasteiger partial charge in [-0.3, -0.25) is 0 Å². The van der Waals surface area contributed by atoms with Crippen LogP contribution in [-0.4, -0.2) is 49.8 Å². The first-order valence-electron chi connectivity index (χ1n) is 6.02. The van der Waals surface area contributed by atoms with Crippen molar-refractivity contribution < 1.29 is 9.13 Å². The van der Waals surface area contributed by atoms with Gasteiger partial charge in [-0.1, -0.05) is 0 Å². The molecule has 0 unspecified atom stereocenters. The van der Waals surface area contributed by atoms with Crippen LogP contribution in [0.4, 0.5) is 10.1 Å². The van der Waals surface area contributed by atoms with E-state index in [4.69, 9.17) is 15.6 Å². The molecule has 0 fully saturated rings. The zero-order chi connectivity index (χ0) is 15.4. The van der Waals surface area contributed by atoms with Gasteiger partial charge in [0.15, 0.2) is 0 Å². The van der Waals surface area contributed by atoms with Crippen LogP contribution in [0.1, 0.15) is 17.0 Å². The fraction of sp³-hybridized carbons (Fsp3) is 0.0714. The van der Waals surface area contributed by atoms with E-state index in [0.29, 0.717) is 48.7 Å². The average Bonchev–Trinajstić information content (AvgIpc) is 2.52. The van der Waals surface area contributed by atoms with Gasteiger partial charge in [-0.25, -0.2) is 0 Å². The predicted octanol–water partition coefficient (Wildman–Crippen LogP) is 2.10. The van der Waals surface area contributed by atoms with Crippen molar-refractivity contribution in [3.8, 4) is 0 Å². The summed E-state index contributed by atoms with van der Waals surface area (Å²) in [5.74, 6) is -0.481. The van der Waals surface area contributed by atoms with Gasteiger partial charge in [-0.2, -0.15) is 0 Å². The number of methoxy groups -OCH3 is 1. The molecule has 5 nitrogen and oxygen atoms in total. The number of halogens is 1. The minimum absolute atomic E-state index is 0.0781. The maximum atomic E-state index is 13.3. The van der Waals surface area contributed by atoms with E-state index in [-0.39, 0.29) is 11.6 Å². The molecule has 0 radical (unpaired) electrons. The quantitative estimate of drug-likeness (QED) is 0.360. The number of nitrogens with one attached hydrogen (secondary N) is 3. The van der Waals surface area contributed by atoms with Gasteiger partial charge in [0.2, 0.25) is 0 Å². The first-order chi connectivity index (χ1) is 10.1. The number of hydrogen-bond acceptors (Lipinski definition) is 5. The molecular formula is C14H12FN4OTl. The van der Waals surface area contributed by atoms with Crippen molar-refractivity contribution in [3.63, 3.8) is 0 Å². The number of nitrogens with zero attached hydrogens (tertiary/aromatic N) is 1. The molecule has 1 aromatic carbocycles. The molecule has 1 heterocycles. The normalized spacial score (nSPS) is 9.95. The topological polar surface area (TPSA) is 81.9 Å². The van der Waals surface area contributed by atoms with Crippen LogP contribution in [0.15, 0.2) is 36.4 Å². The van der Waals surface area contributed by atoms with Crippen LogP contribution >= 0.6 is 0 Å². The van der Waals surface area contributed by atoms with Gasteiger partial charge in [-0.05, 0) is 0 Å². The molecule has 0 aliphatic carbocycles. The Balaban J connectivity index is 2.50. The van der Waals surface area contributed by atoms with Gasteiger partial charge in [-0.15, -0.1) is 0 Å². The Morgan fingerprint density at radius 1 is 1.29 bits per heavy atom. The predicted molar refractivity (Wildman–Crippen MR) is 79.8 cm³/mol. The number of anilines is 1. The average molecular weight is 476 g/mol. The van der Waals surface area contributed by atoms with Crippen LogP contribution in [0.25, 0.3) is 0 Å². The molecule has 0 aliphatic rings. The molecule has 3 N–H and O–H groups in total. The molecule has 1 aromatic heterocycles. The number of hydrogen-bond donors (Lipinski definition) is 3. The molecule has 21 heavy (non-hydrogen) atoms. The van der Waals surface area contributed by atoms with Gasteiger partial charge in [0.1, 0.15) is 0 Å². The number of aromatic nitrogens is 1. The molecule has 0 bridgehead atoms. The van der Waals surface area contributed by atoms with Crippen molar-refractivity contribution in [2.75, 3.05) is 10.2 Å². The van der Waals surface area contributed by atoms with E-state index >= 15 is 0 Å². The van der Waals surface area contributed by atoms with Crippen molar-refractivity contribution in [2.24, 2.45) is 0 Å². The third-order valence-corrected chi connectivity index (χ3v) is 4.05. The van der Waals surface area contributed by atoms with E-state index in [2.05, 4.69) is 8.11 Å². The number of ether oxygens (including phenoxy) is 1. The Labute approximate surface area is 137 Å². The Hall–Kier alpha value is -1.84. The summed E-state index contributed by atoms with van der Waals surface area (Å²) in [5, 5.41) is 15.9. The zero-order valence-corrected chi connectivity index (χ0v) is 15.8. The second-order valence-corrected chi connectivity index (χ2v) is 5.28. The second kappa shape index (κ2) is 6.74. The molecule has 0 spiro atoms. The second-order valence-electron chi connectivity index (χ2n) is 4.16. The monoisotopic (exact) mass is 476 g/mol. The van der Waals surface area contributed by atoms with Gasteiger partial charge in [0.05, 0.1) is 0 Å². The number of rotatable bonds is 4. The van der Waals surface area contributed by atoms with Gasteiger partial charge in [0.25, 0.3) is 0 Å². The van der Waals surface area contributed by atoms with Crippen LogP contribution < -0.4 is 3.13 Å². The van der Waals surface area contributed by atoms with Crippen molar-refractivity contribution in [3.05, 3.63) is 59.2 Å².